The van der Waals surface area contributed by atoms with Gasteiger partial charge in [-0.05, 0) is 53.9 Å². The SMILES string of the molecule is CC1(C)C[C@H]2C[C@](C)(CN2C(=O)COC(=O)/C=C/c2cccc(Cl)c2)C1. The number of amides is 1. The number of benzene rings is 1. The van der Waals surface area contributed by atoms with Gasteiger partial charge in [0, 0.05) is 23.7 Å². The van der Waals surface area contributed by atoms with Crippen molar-refractivity contribution >= 4 is 29.6 Å². The van der Waals surface area contributed by atoms with Crippen molar-refractivity contribution in [1.29, 1.82) is 0 Å². The highest BCUT2D eigenvalue weighted by Crippen LogP contribution is 2.52. The number of nitrogens with zero attached hydrogens (tertiary/aromatic N) is 1. The third-order valence-corrected chi connectivity index (χ3v) is 5.57. The van der Waals surface area contributed by atoms with E-state index in [1.807, 2.05) is 17.0 Å². The topological polar surface area (TPSA) is 46.6 Å². The fraction of sp³-hybridized carbons (Fsp3) is 0.524. The molecule has 2 aliphatic rings. The molecule has 1 amide bonds. The zero-order valence-corrected chi connectivity index (χ0v) is 16.4. The molecular weight excluding hydrogens is 350 g/mol. The number of esters is 1. The van der Waals surface area contributed by atoms with E-state index in [4.69, 9.17) is 16.3 Å². The number of halogens is 1. The fourth-order valence-electron chi connectivity index (χ4n) is 4.79. The van der Waals surface area contributed by atoms with Crippen molar-refractivity contribution in [2.24, 2.45) is 10.8 Å². The minimum Gasteiger partial charge on any atom is -0.452 e. The van der Waals surface area contributed by atoms with E-state index >= 15 is 0 Å². The van der Waals surface area contributed by atoms with Crippen LogP contribution in [0.4, 0.5) is 0 Å². The Balaban J connectivity index is 1.53. The Kier molecular flexibility index (Phi) is 5.16. The van der Waals surface area contributed by atoms with Gasteiger partial charge >= 0.3 is 5.97 Å². The molecule has 1 aromatic rings. The normalized spacial score (nSPS) is 26.9. The first-order valence-electron chi connectivity index (χ1n) is 9.06. The second-order valence-corrected chi connectivity index (χ2v) is 9.17. The number of hydrogen-bond acceptors (Lipinski definition) is 3. The van der Waals surface area contributed by atoms with Crippen LogP contribution in [0.2, 0.25) is 5.02 Å². The van der Waals surface area contributed by atoms with Crippen molar-refractivity contribution in [3.05, 3.63) is 40.9 Å². The quantitative estimate of drug-likeness (QED) is 0.581. The smallest absolute Gasteiger partial charge is 0.331 e. The number of fused-ring (bicyclic) bond motifs is 2. The lowest BCUT2D eigenvalue weighted by Gasteiger charge is -2.39. The van der Waals surface area contributed by atoms with Gasteiger partial charge < -0.3 is 9.64 Å². The van der Waals surface area contributed by atoms with Gasteiger partial charge in [0.1, 0.15) is 0 Å². The minimum absolute atomic E-state index is 0.0964. The maximum absolute atomic E-state index is 12.6. The summed E-state index contributed by atoms with van der Waals surface area (Å²) in [6.45, 7) is 7.35. The zero-order valence-electron chi connectivity index (χ0n) is 15.6. The molecule has 2 atom stereocenters. The van der Waals surface area contributed by atoms with Gasteiger partial charge in [-0.25, -0.2) is 4.79 Å². The molecule has 1 heterocycles. The summed E-state index contributed by atoms with van der Waals surface area (Å²) >= 11 is 5.91. The maximum atomic E-state index is 12.6. The minimum atomic E-state index is -0.521. The van der Waals surface area contributed by atoms with Crippen LogP contribution >= 0.6 is 11.6 Å². The molecule has 1 aromatic carbocycles. The van der Waals surface area contributed by atoms with Crippen LogP contribution in [-0.4, -0.2) is 36.0 Å². The first kappa shape index (κ1) is 19.0. The Bertz CT molecular complexity index is 743. The Labute approximate surface area is 160 Å². The second-order valence-electron chi connectivity index (χ2n) is 8.73. The monoisotopic (exact) mass is 375 g/mol. The maximum Gasteiger partial charge on any atom is 0.331 e. The van der Waals surface area contributed by atoms with Crippen LogP contribution in [0, 0.1) is 10.8 Å². The molecule has 0 spiro atoms. The summed E-state index contributed by atoms with van der Waals surface area (Å²) in [7, 11) is 0. The van der Waals surface area contributed by atoms with Crippen molar-refractivity contribution in [2.75, 3.05) is 13.2 Å². The third kappa shape index (κ3) is 4.47. The van der Waals surface area contributed by atoms with E-state index in [2.05, 4.69) is 20.8 Å². The summed E-state index contributed by atoms with van der Waals surface area (Å²) < 4.78 is 5.15. The van der Waals surface area contributed by atoms with E-state index in [9.17, 15) is 9.59 Å². The summed E-state index contributed by atoms with van der Waals surface area (Å²) in [6.07, 6.45) is 6.14. The predicted octanol–water partition coefficient (Wildman–Crippen LogP) is 4.32. The molecule has 0 radical (unpaired) electrons. The summed E-state index contributed by atoms with van der Waals surface area (Å²) in [5, 5.41) is 0.604. The van der Waals surface area contributed by atoms with Crippen LogP contribution in [0.15, 0.2) is 30.3 Å². The molecule has 0 N–H and O–H groups in total. The van der Waals surface area contributed by atoms with Gasteiger partial charge in [0.05, 0.1) is 0 Å². The number of rotatable bonds is 4. The molecule has 1 aliphatic heterocycles. The lowest BCUT2D eigenvalue weighted by molar-refractivity contribution is -0.148. The lowest BCUT2D eigenvalue weighted by Crippen LogP contribution is -2.39. The van der Waals surface area contributed by atoms with Crippen molar-refractivity contribution in [3.63, 3.8) is 0 Å². The Hall–Kier alpha value is -1.81. The van der Waals surface area contributed by atoms with E-state index in [-0.39, 0.29) is 29.4 Å². The highest BCUT2D eigenvalue weighted by molar-refractivity contribution is 6.30. The Morgan fingerprint density at radius 3 is 2.81 bits per heavy atom. The predicted molar refractivity (Wildman–Crippen MR) is 103 cm³/mol. The molecule has 0 unspecified atom stereocenters. The van der Waals surface area contributed by atoms with Gasteiger partial charge in [0.2, 0.25) is 0 Å². The first-order valence-corrected chi connectivity index (χ1v) is 9.44. The summed E-state index contributed by atoms with van der Waals surface area (Å²) in [5.41, 5.74) is 1.24. The van der Waals surface area contributed by atoms with Crippen molar-refractivity contribution < 1.29 is 14.3 Å². The number of hydrogen-bond donors (Lipinski definition) is 0. The Morgan fingerprint density at radius 2 is 2.08 bits per heavy atom. The van der Waals surface area contributed by atoms with E-state index in [1.54, 1.807) is 18.2 Å². The lowest BCUT2D eigenvalue weighted by atomic mass is 9.65. The average Bonchev–Trinajstić information content (AvgIpc) is 2.79. The van der Waals surface area contributed by atoms with Gasteiger partial charge in [0.25, 0.3) is 5.91 Å². The Morgan fingerprint density at radius 1 is 1.31 bits per heavy atom. The van der Waals surface area contributed by atoms with E-state index in [0.29, 0.717) is 5.02 Å². The number of carbonyl (C=O) groups excluding carboxylic acids is 2. The van der Waals surface area contributed by atoms with Crippen LogP contribution in [0.25, 0.3) is 6.08 Å². The largest absolute Gasteiger partial charge is 0.452 e. The highest BCUT2D eigenvalue weighted by Gasteiger charge is 2.50. The zero-order chi connectivity index (χ0) is 18.9. The number of likely N-dealkylation sites (tertiary alicyclic amines) is 1. The fourth-order valence-corrected chi connectivity index (χ4v) is 4.99. The van der Waals surface area contributed by atoms with Crippen LogP contribution in [0.3, 0.4) is 0 Å². The van der Waals surface area contributed by atoms with Gasteiger partial charge in [-0.1, -0.05) is 44.5 Å². The first-order chi connectivity index (χ1) is 12.2. The molecule has 2 fully saturated rings. The molecule has 2 bridgehead atoms. The van der Waals surface area contributed by atoms with E-state index in [1.165, 1.54) is 6.08 Å². The molecular formula is C21H26ClNO3. The number of carbonyl (C=O) groups is 2. The van der Waals surface area contributed by atoms with E-state index < -0.39 is 5.97 Å². The van der Waals surface area contributed by atoms with E-state index in [0.717, 1.165) is 31.4 Å². The second kappa shape index (κ2) is 7.07. The molecule has 1 saturated carbocycles. The van der Waals surface area contributed by atoms with Gasteiger partial charge in [-0.3, -0.25) is 4.79 Å². The standard InChI is InChI=1S/C21H26ClNO3/c1-20(2)10-17-11-21(3,13-20)14-23(17)18(24)12-26-19(25)8-7-15-5-4-6-16(22)9-15/h4-9,17H,10-14H2,1-3H3/b8-7+/t17-,21-/m0/s1. The molecule has 1 saturated heterocycles. The average molecular weight is 376 g/mol. The highest BCUT2D eigenvalue weighted by atomic mass is 35.5. The van der Waals surface area contributed by atoms with Crippen LogP contribution < -0.4 is 0 Å². The molecule has 3 rings (SSSR count). The summed E-state index contributed by atoms with van der Waals surface area (Å²) in [5.74, 6) is -0.618. The van der Waals surface area contributed by atoms with Gasteiger partial charge in [0.15, 0.2) is 6.61 Å². The number of ether oxygens (including phenoxy) is 1. The summed E-state index contributed by atoms with van der Waals surface area (Å²) in [4.78, 5) is 26.4. The van der Waals surface area contributed by atoms with Gasteiger partial charge in [-0.15, -0.1) is 0 Å². The van der Waals surface area contributed by atoms with Crippen LogP contribution in [0.5, 0.6) is 0 Å². The van der Waals surface area contributed by atoms with Crippen molar-refractivity contribution in [2.45, 2.75) is 46.1 Å². The summed E-state index contributed by atoms with van der Waals surface area (Å²) in [6, 6.07) is 7.43. The molecule has 5 heteroatoms. The molecule has 1 aliphatic carbocycles. The molecule has 140 valence electrons. The molecule has 0 aromatic heterocycles. The molecule has 4 nitrogen and oxygen atoms in total. The van der Waals surface area contributed by atoms with Crippen molar-refractivity contribution in [1.82, 2.24) is 4.90 Å². The van der Waals surface area contributed by atoms with Crippen LogP contribution in [-0.2, 0) is 14.3 Å². The molecule has 26 heavy (non-hydrogen) atoms. The van der Waals surface area contributed by atoms with Gasteiger partial charge in [-0.2, -0.15) is 0 Å². The van der Waals surface area contributed by atoms with Crippen LogP contribution in [0.1, 0.15) is 45.6 Å². The van der Waals surface area contributed by atoms with Crippen molar-refractivity contribution in [3.8, 4) is 0 Å². The third-order valence-electron chi connectivity index (χ3n) is 5.33.